The molecule has 0 heterocycles. The number of alkyl halides is 1. The minimum Gasteiger partial charge on any atom is -0.348 e. The summed E-state index contributed by atoms with van der Waals surface area (Å²) in [7, 11) is 0. The second-order valence-corrected chi connectivity index (χ2v) is 5.26. The van der Waals surface area contributed by atoms with Crippen LogP contribution in [-0.2, 0) is 11.9 Å². The van der Waals surface area contributed by atoms with Gasteiger partial charge in [-0.15, -0.1) is 0 Å². The number of carbonyl (C=O) groups excluding carboxylic acids is 1. The van der Waals surface area contributed by atoms with Crippen molar-refractivity contribution in [1.29, 1.82) is 0 Å². The van der Waals surface area contributed by atoms with Crippen LogP contribution in [0.15, 0.2) is 42.5 Å². The van der Waals surface area contributed by atoms with Crippen molar-refractivity contribution in [2.24, 2.45) is 0 Å². The van der Waals surface area contributed by atoms with E-state index in [-0.39, 0.29) is 5.56 Å². The normalized spacial score (nSPS) is 10.3. The van der Waals surface area contributed by atoms with Crippen molar-refractivity contribution >= 4 is 33.4 Å². The predicted molar refractivity (Wildman–Crippen MR) is 81.7 cm³/mol. The summed E-state index contributed by atoms with van der Waals surface area (Å²) in [5, 5.41) is 3.76. The number of hydrogen-bond donors (Lipinski definition) is 1. The molecule has 0 saturated heterocycles. The number of nitrogens with one attached hydrogen (secondary N) is 1. The third-order valence-corrected chi connectivity index (χ3v) is 3.65. The van der Waals surface area contributed by atoms with E-state index in [4.69, 9.17) is 11.6 Å². The van der Waals surface area contributed by atoms with Gasteiger partial charge in [-0.3, -0.25) is 4.79 Å². The fourth-order valence-corrected chi connectivity index (χ4v) is 2.29. The van der Waals surface area contributed by atoms with Gasteiger partial charge in [0.05, 0.1) is 5.56 Å². The molecular formula is C15H12BrClFNO. The zero-order chi connectivity index (χ0) is 14.5. The van der Waals surface area contributed by atoms with Crippen molar-refractivity contribution in [3.8, 4) is 0 Å². The van der Waals surface area contributed by atoms with Crippen molar-refractivity contribution < 1.29 is 9.18 Å². The van der Waals surface area contributed by atoms with Gasteiger partial charge in [0.25, 0.3) is 5.91 Å². The van der Waals surface area contributed by atoms with Crippen LogP contribution in [0.25, 0.3) is 0 Å². The molecule has 20 heavy (non-hydrogen) atoms. The van der Waals surface area contributed by atoms with Gasteiger partial charge in [0.15, 0.2) is 0 Å². The van der Waals surface area contributed by atoms with Crippen molar-refractivity contribution in [2.45, 2.75) is 11.9 Å². The lowest BCUT2D eigenvalue weighted by Gasteiger charge is -2.07. The molecule has 0 atom stereocenters. The molecule has 5 heteroatoms. The molecule has 0 unspecified atom stereocenters. The molecule has 1 amide bonds. The first-order chi connectivity index (χ1) is 9.60. The molecule has 0 aromatic heterocycles. The van der Waals surface area contributed by atoms with Crippen LogP contribution in [0.1, 0.15) is 21.5 Å². The topological polar surface area (TPSA) is 29.1 Å². The predicted octanol–water partition coefficient (Wildman–Crippen LogP) is 4.30. The van der Waals surface area contributed by atoms with E-state index in [2.05, 4.69) is 21.2 Å². The highest BCUT2D eigenvalue weighted by molar-refractivity contribution is 9.08. The van der Waals surface area contributed by atoms with Crippen LogP contribution in [0.2, 0.25) is 5.02 Å². The Bertz CT molecular complexity index is 633. The number of halogens is 3. The highest BCUT2D eigenvalue weighted by atomic mass is 79.9. The smallest absolute Gasteiger partial charge is 0.254 e. The Balaban J connectivity index is 2.06. The van der Waals surface area contributed by atoms with E-state index in [1.165, 1.54) is 18.2 Å². The number of hydrogen-bond acceptors (Lipinski definition) is 1. The first-order valence-corrected chi connectivity index (χ1v) is 7.47. The molecule has 2 aromatic carbocycles. The Morgan fingerprint density at radius 2 is 1.95 bits per heavy atom. The molecule has 0 aliphatic rings. The summed E-state index contributed by atoms with van der Waals surface area (Å²) in [5.41, 5.74) is 2.03. The van der Waals surface area contributed by atoms with Crippen LogP contribution in [0.4, 0.5) is 4.39 Å². The highest BCUT2D eigenvalue weighted by Gasteiger charge is 2.11. The Hall–Kier alpha value is -1.39. The monoisotopic (exact) mass is 355 g/mol. The van der Waals surface area contributed by atoms with Crippen LogP contribution in [0.3, 0.4) is 0 Å². The molecule has 0 radical (unpaired) electrons. The second kappa shape index (κ2) is 6.86. The summed E-state index contributed by atoms with van der Waals surface area (Å²) in [6, 6.07) is 11.7. The molecule has 0 saturated carbocycles. The van der Waals surface area contributed by atoms with Crippen molar-refractivity contribution in [2.75, 3.05) is 0 Å². The first-order valence-electron chi connectivity index (χ1n) is 5.97. The van der Waals surface area contributed by atoms with Gasteiger partial charge in [-0.05, 0) is 29.3 Å². The molecule has 2 nitrogen and oxygen atoms in total. The van der Waals surface area contributed by atoms with Gasteiger partial charge in [0, 0.05) is 16.9 Å². The van der Waals surface area contributed by atoms with Gasteiger partial charge in [-0.25, -0.2) is 4.39 Å². The van der Waals surface area contributed by atoms with Gasteiger partial charge in [0.1, 0.15) is 5.82 Å². The average Bonchev–Trinajstić information content (AvgIpc) is 2.47. The van der Waals surface area contributed by atoms with E-state index in [0.29, 0.717) is 11.6 Å². The van der Waals surface area contributed by atoms with Crippen molar-refractivity contribution in [1.82, 2.24) is 5.32 Å². The SMILES string of the molecule is O=C(NCc1cccc(CBr)c1)c1cc(Cl)ccc1F. The maximum atomic E-state index is 13.5. The maximum Gasteiger partial charge on any atom is 0.254 e. The Morgan fingerprint density at radius 3 is 2.70 bits per heavy atom. The first kappa shape index (κ1) is 15.0. The van der Waals surface area contributed by atoms with Crippen LogP contribution < -0.4 is 5.32 Å². The average molecular weight is 357 g/mol. The summed E-state index contributed by atoms with van der Waals surface area (Å²) in [6.07, 6.45) is 0. The van der Waals surface area contributed by atoms with E-state index in [1.54, 1.807) is 0 Å². The molecule has 0 bridgehead atoms. The van der Waals surface area contributed by atoms with Crippen LogP contribution in [-0.4, -0.2) is 5.91 Å². The minimum absolute atomic E-state index is 0.0471. The van der Waals surface area contributed by atoms with E-state index in [9.17, 15) is 9.18 Å². The zero-order valence-corrected chi connectivity index (χ0v) is 12.8. The molecule has 2 aromatic rings. The summed E-state index contributed by atoms with van der Waals surface area (Å²) in [6.45, 7) is 0.339. The lowest BCUT2D eigenvalue weighted by molar-refractivity contribution is 0.0947. The fraction of sp³-hybridized carbons (Fsp3) is 0.133. The summed E-state index contributed by atoms with van der Waals surface area (Å²) in [5.74, 6) is -1.06. The van der Waals surface area contributed by atoms with E-state index < -0.39 is 11.7 Å². The van der Waals surface area contributed by atoms with Gasteiger partial charge in [-0.2, -0.15) is 0 Å². The number of benzene rings is 2. The number of amides is 1. The lowest BCUT2D eigenvalue weighted by atomic mass is 10.1. The molecule has 0 aliphatic heterocycles. The summed E-state index contributed by atoms with van der Waals surface area (Å²) in [4.78, 5) is 11.9. The van der Waals surface area contributed by atoms with Crippen molar-refractivity contribution in [3.05, 3.63) is 70.0 Å². The quantitative estimate of drug-likeness (QED) is 0.813. The number of carbonyl (C=O) groups is 1. The highest BCUT2D eigenvalue weighted by Crippen LogP contribution is 2.15. The molecule has 1 N–H and O–H groups in total. The lowest BCUT2D eigenvalue weighted by Crippen LogP contribution is -2.23. The summed E-state index contributed by atoms with van der Waals surface area (Å²) >= 11 is 9.14. The number of rotatable bonds is 4. The molecule has 0 fully saturated rings. The van der Waals surface area contributed by atoms with Gasteiger partial charge in [-0.1, -0.05) is 51.8 Å². The van der Waals surface area contributed by atoms with Crippen LogP contribution in [0.5, 0.6) is 0 Å². The van der Waals surface area contributed by atoms with Gasteiger partial charge >= 0.3 is 0 Å². The molecular weight excluding hydrogens is 345 g/mol. The van der Waals surface area contributed by atoms with Gasteiger partial charge in [0.2, 0.25) is 0 Å². The largest absolute Gasteiger partial charge is 0.348 e. The van der Waals surface area contributed by atoms with E-state index >= 15 is 0 Å². The van der Waals surface area contributed by atoms with E-state index in [0.717, 1.165) is 16.5 Å². The third-order valence-electron chi connectivity index (χ3n) is 2.77. The van der Waals surface area contributed by atoms with Gasteiger partial charge < -0.3 is 5.32 Å². The fourth-order valence-electron chi connectivity index (χ4n) is 1.77. The van der Waals surface area contributed by atoms with Crippen LogP contribution in [0, 0.1) is 5.82 Å². The van der Waals surface area contributed by atoms with Crippen molar-refractivity contribution in [3.63, 3.8) is 0 Å². The standard InChI is InChI=1S/C15H12BrClFNO/c16-8-10-2-1-3-11(6-10)9-19-15(20)13-7-12(17)4-5-14(13)18/h1-7H,8-9H2,(H,19,20). The van der Waals surface area contributed by atoms with Crippen LogP contribution >= 0.6 is 27.5 Å². The molecule has 104 valence electrons. The second-order valence-electron chi connectivity index (χ2n) is 4.26. The minimum atomic E-state index is -0.582. The third kappa shape index (κ3) is 3.81. The Morgan fingerprint density at radius 1 is 1.20 bits per heavy atom. The van der Waals surface area contributed by atoms with E-state index in [1.807, 2.05) is 24.3 Å². The molecule has 2 rings (SSSR count). The zero-order valence-electron chi connectivity index (χ0n) is 10.5. The Kier molecular flexibility index (Phi) is 5.15. The molecule has 0 spiro atoms. The summed E-state index contributed by atoms with van der Waals surface area (Å²) < 4.78 is 13.5. The maximum absolute atomic E-state index is 13.5. The molecule has 0 aliphatic carbocycles. The Labute approximate surface area is 130 Å².